The van der Waals surface area contributed by atoms with E-state index in [1.54, 1.807) is 0 Å². The number of aromatic nitrogens is 4. The summed E-state index contributed by atoms with van der Waals surface area (Å²) in [4.78, 5) is 9.55. The maximum absolute atomic E-state index is 6.44. The van der Waals surface area contributed by atoms with Crippen LogP contribution in [0.2, 0.25) is 0 Å². The zero-order valence-electron chi connectivity index (χ0n) is 18.5. The van der Waals surface area contributed by atoms with Gasteiger partial charge in [-0.25, -0.2) is 9.97 Å². The van der Waals surface area contributed by atoms with Crippen molar-refractivity contribution in [2.75, 3.05) is 0 Å². The van der Waals surface area contributed by atoms with Gasteiger partial charge in [-0.05, 0) is 87.1 Å². The van der Waals surface area contributed by atoms with Crippen LogP contribution in [0.1, 0.15) is 33.6 Å². The molecule has 4 heterocycles. The Labute approximate surface area is 182 Å². The Bertz CT molecular complexity index is 1250. The fourth-order valence-electron chi connectivity index (χ4n) is 5.21. The van der Waals surface area contributed by atoms with Crippen LogP contribution < -0.4 is 4.74 Å². The maximum atomic E-state index is 6.44. The highest BCUT2D eigenvalue weighted by atomic mass is 16.5. The van der Waals surface area contributed by atoms with E-state index >= 15 is 0 Å². The van der Waals surface area contributed by atoms with Crippen molar-refractivity contribution < 1.29 is 4.74 Å². The molecule has 2 aromatic carbocycles. The Hall–Kier alpha value is -3.34. The zero-order chi connectivity index (χ0) is 21.3. The molecule has 6 rings (SSSR count). The van der Waals surface area contributed by atoms with E-state index in [-0.39, 0.29) is 0 Å². The van der Waals surface area contributed by atoms with Gasteiger partial charge in [0.2, 0.25) is 0 Å². The van der Waals surface area contributed by atoms with Crippen molar-refractivity contribution in [3.05, 3.63) is 70.3 Å². The Morgan fingerprint density at radius 3 is 1.58 bits per heavy atom. The highest BCUT2D eigenvalue weighted by Gasteiger charge is 2.23. The molecule has 2 aliphatic rings. The molecule has 0 unspecified atom stereocenters. The first kappa shape index (κ1) is 18.4. The largest absolute Gasteiger partial charge is 0.457 e. The predicted octanol–water partition coefficient (Wildman–Crippen LogP) is 5.55. The van der Waals surface area contributed by atoms with E-state index in [9.17, 15) is 0 Å². The van der Waals surface area contributed by atoms with Crippen LogP contribution in [0.3, 0.4) is 0 Å². The van der Waals surface area contributed by atoms with Crippen LogP contribution in [-0.4, -0.2) is 19.1 Å². The lowest BCUT2D eigenvalue weighted by Crippen LogP contribution is -2.12. The van der Waals surface area contributed by atoms with Gasteiger partial charge in [0.1, 0.15) is 23.1 Å². The normalized spacial score (nSPS) is 13.9. The number of rotatable bonds is 2. The van der Waals surface area contributed by atoms with Gasteiger partial charge in [0, 0.05) is 36.6 Å². The van der Waals surface area contributed by atoms with E-state index in [4.69, 9.17) is 14.7 Å². The SMILES string of the molecule is Cc1cn2c(n1)-c1cc(Oc3cc(C)c4c(c3)-c3nc(C)cn3CC4)cc(C)c1CC2. The third-order valence-corrected chi connectivity index (χ3v) is 6.61. The van der Waals surface area contributed by atoms with E-state index in [0.29, 0.717) is 0 Å². The average Bonchev–Trinajstić information content (AvgIpc) is 3.29. The molecule has 0 saturated carbocycles. The standard InChI is InChI=1S/C26H26N4O/c1-15-9-19(11-23-21(15)5-7-29-13-17(3)27-25(23)29)31-20-10-16(2)22-6-8-30-14-18(4)28-26(30)24(22)12-20/h9-14H,5-8H2,1-4H3. The summed E-state index contributed by atoms with van der Waals surface area (Å²) in [7, 11) is 0. The number of hydrogen-bond donors (Lipinski definition) is 0. The molecule has 5 heteroatoms. The van der Waals surface area contributed by atoms with Crippen molar-refractivity contribution in [3.63, 3.8) is 0 Å². The fraction of sp³-hybridized carbons (Fsp3) is 0.308. The van der Waals surface area contributed by atoms with Crippen LogP contribution in [0, 0.1) is 27.7 Å². The number of hydrogen-bond acceptors (Lipinski definition) is 3. The van der Waals surface area contributed by atoms with Crippen molar-refractivity contribution >= 4 is 0 Å². The molecule has 0 bridgehead atoms. The second kappa shape index (κ2) is 6.58. The molecular formula is C26H26N4O. The second-order valence-electron chi connectivity index (χ2n) is 8.93. The third kappa shape index (κ3) is 2.91. The Balaban J connectivity index is 1.42. The van der Waals surface area contributed by atoms with Crippen molar-refractivity contribution in [1.82, 2.24) is 19.1 Å². The highest BCUT2D eigenvalue weighted by Crippen LogP contribution is 2.39. The van der Waals surface area contributed by atoms with Gasteiger partial charge in [0.05, 0.1) is 11.4 Å². The van der Waals surface area contributed by atoms with Crippen molar-refractivity contribution in [3.8, 4) is 34.3 Å². The highest BCUT2D eigenvalue weighted by molar-refractivity contribution is 5.69. The summed E-state index contributed by atoms with van der Waals surface area (Å²) in [6.07, 6.45) is 6.34. The van der Waals surface area contributed by atoms with Gasteiger partial charge in [0.25, 0.3) is 0 Å². The molecule has 0 N–H and O–H groups in total. The summed E-state index contributed by atoms with van der Waals surface area (Å²) in [5, 5.41) is 0. The number of fused-ring (bicyclic) bond motifs is 6. The quantitative estimate of drug-likeness (QED) is 0.435. The van der Waals surface area contributed by atoms with Crippen LogP contribution in [-0.2, 0) is 25.9 Å². The lowest BCUT2D eigenvalue weighted by Gasteiger charge is -2.23. The minimum absolute atomic E-state index is 0.861. The van der Waals surface area contributed by atoms with Gasteiger partial charge in [-0.1, -0.05) is 0 Å². The molecular weight excluding hydrogens is 384 g/mol. The molecule has 0 amide bonds. The maximum Gasteiger partial charge on any atom is 0.140 e. The molecule has 2 aromatic heterocycles. The van der Waals surface area contributed by atoms with Gasteiger partial charge in [-0.3, -0.25) is 0 Å². The molecule has 0 spiro atoms. The van der Waals surface area contributed by atoms with Gasteiger partial charge < -0.3 is 13.9 Å². The summed E-state index contributed by atoms with van der Waals surface area (Å²) >= 11 is 0. The van der Waals surface area contributed by atoms with Crippen LogP contribution in [0.25, 0.3) is 22.8 Å². The molecule has 0 fully saturated rings. The van der Waals surface area contributed by atoms with Crippen LogP contribution in [0.5, 0.6) is 11.5 Å². The molecule has 0 atom stereocenters. The zero-order valence-corrected chi connectivity index (χ0v) is 18.5. The van der Waals surface area contributed by atoms with E-state index in [2.05, 4.69) is 73.5 Å². The van der Waals surface area contributed by atoms with Crippen molar-refractivity contribution in [2.24, 2.45) is 0 Å². The van der Waals surface area contributed by atoms with E-state index < -0.39 is 0 Å². The molecule has 0 radical (unpaired) electrons. The predicted molar refractivity (Wildman–Crippen MR) is 122 cm³/mol. The molecule has 2 aliphatic heterocycles. The van der Waals surface area contributed by atoms with Crippen molar-refractivity contribution in [2.45, 2.75) is 53.6 Å². The second-order valence-corrected chi connectivity index (χ2v) is 8.93. The van der Waals surface area contributed by atoms with Gasteiger partial charge in [0.15, 0.2) is 0 Å². The molecule has 156 valence electrons. The first-order chi connectivity index (χ1) is 15.0. The van der Waals surface area contributed by atoms with Crippen LogP contribution in [0.15, 0.2) is 36.7 Å². The summed E-state index contributed by atoms with van der Waals surface area (Å²) in [6, 6.07) is 8.62. The number of benzene rings is 2. The minimum Gasteiger partial charge on any atom is -0.457 e. The Morgan fingerprint density at radius 2 is 1.13 bits per heavy atom. The van der Waals surface area contributed by atoms with E-state index in [1.165, 1.54) is 33.4 Å². The monoisotopic (exact) mass is 410 g/mol. The molecule has 0 saturated heterocycles. The topological polar surface area (TPSA) is 44.9 Å². The fourth-order valence-corrected chi connectivity index (χ4v) is 5.21. The lowest BCUT2D eigenvalue weighted by atomic mass is 9.95. The van der Waals surface area contributed by atoms with Crippen molar-refractivity contribution in [1.29, 1.82) is 0 Å². The number of aryl methyl sites for hydroxylation is 6. The summed E-state index contributed by atoms with van der Waals surface area (Å²) in [6.45, 7) is 10.4. The first-order valence-corrected chi connectivity index (χ1v) is 11.0. The smallest absolute Gasteiger partial charge is 0.140 e. The molecule has 31 heavy (non-hydrogen) atoms. The third-order valence-electron chi connectivity index (χ3n) is 6.61. The number of nitrogens with zero attached hydrogens (tertiary/aromatic N) is 4. The summed E-state index contributed by atoms with van der Waals surface area (Å²) < 4.78 is 11.0. The molecule has 5 nitrogen and oxygen atoms in total. The molecule has 0 aliphatic carbocycles. The first-order valence-electron chi connectivity index (χ1n) is 11.0. The summed E-state index contributed by atoms with van der Waals surface area (Å²) in [5.41, 5.74) is 9.78. The minimum atomic E-state index is 0.861. The Kier molecular flexibility index (Phi) is 3.91. The summed E-state index contributed by atoms with van der Waals surface area (Å²) in [5.74, 6) is 3.82. The van der Waals surface area contributed by atoms with Gasteiger partial charge >= 0.3 is 0 Å². The number of ether oxygens (including phenoxy) is 1. The van der Waals surface area contributed by atoms with Crippen LogP contribution >= 0.6 is 0 Å². The average molecular weight is 411 g/mol. The Morgan fingerprint density at radius 1 is 0.677 bits per heavy atom. The van der Waals surface area contributed by atoms with Gasteiger partial charge in [-0.15, -0.1) is 0 Å². The van der Waals surface area contributed by atoms with Gasteiger partial charge in [-0.2, -0.15) is 0 Å². The van der Waals surface area contributed by atoms with E-state index in [1.807, 2.05) is 0 Å². The molecule has 4 aromatic rings. The number of imidazole rings is 2. The van der Waals surface area contributed by atoms with E-state index in [0.717, 1.165) is 60.5 Å². The van der Waals surface area contributed by atoms with Crippen LogP contribution in [0.4, 0.5) is 0 Å². The lowest BCUT2D eigenvalue weighted by molar-refractivity contribution is 0.480.